The summed E-state index contributed by atoms with van der Waals surface area (Å²) in [5, 5.41) is 0.291. The molecule has 0 spiro atoms. The second-order valence-corrected chi connectivity index (χ2v) is 4.32. The minimum atomic E-state index is -0.438. The van der Waals surface area contributed by atoms with Gasteiger partial charge < -0.3 is 9.64 Å². The number of hydrogen-bond donors (Lipinski definition) is 0. The van der Waals surface area contributed by atoms with Gasteiger partial charge in [-0.3, -0.25) is 4.79 Å². The lowest BCUT2D eigenvalue weighted by atomic mass is 10.2. The van der Waals surface area contributed by atoms with Crippen molar-refractivity contribution in [3.63, 3.8) is 0 Å². The van der Waals surface area contributed by atoms with Crippen LogP contribution in [0, 0.1) is 5.82 Å². The van der Waals surface area contributed by atoms with Gasteiger partial charge in [-0.25, -0.2) is 4.39 Å². The Morgan fingerprint density at radius 3 is 2.78 bits per heavy atom. The zero-order valence-electron chi connectivity index (χ0n) is 9.96. The molecule has 0 saturated carbocycles. The topological polar surface area (TPSA) is 29.5 Å². The first-order valence-corrected chi connectivity index (χ1v) is 6.27. The van der Waals surface area contributed by atoms with Gasteiger partial charge in [0.15, 0.2) is 0 Å². The number of benzene rings is 1. The third kappa shape index (κ3) is 4.12. The van der Waals surface area contributed by atoms with E-state index in [1.165, 1.54) is 24.1 Å². The van der Waals surface area contributed by atoms with Gasteiger partial charge >= 0.3 is 0 Å². The van der Waals surface area contributed by atoms with Crippen molar-refractivity contribution in [2.75, 3.05) is 26.1 Å². The molecule has 0 aliphatic rings. The fourth-order valence-electron chi connectivity index (χ4n) is 1.45. The monoisotopic (exact) mass is 293 g/mol. The summed E-state index contributed by atoms with van der Waals surface area (Å²) in [4.78, 5) is 13.0. The summed E-state index contributed by atoms with van der Waals surface area (Å²) in [6, 6.07) is 4.41. The number of halogens is 3. The van der Waals surface area contributed by atoms with Crippen LogP contribution < -0.4 is 0 Å². The molecule has 6 heteroatoms. The van der Waals surface area contributed by atoms with Crippen molar-refractivity contribution < 1.29 is 13.9 Å². The molecule has 0 N–H and O–H groups in total. The maximum absolute atomic E-state index is 13.6. The summed E-state index contributed by atoms with van der Waals surface area (Å²) >= 11 is 11.4. The fraction of sp³-hybridized carbons (Fsp3) is 0.417. The zero-order chi connectivity index (χ0) is 13.5. The van der Waals surface area contributed by atoms with Gasteiger partial charge in [-0.15, -0.1) is 11.6 Å². The molecule has 1 aromatic carbocycles. The van der Waals surface area contributed by atoms with Crippen molar-refractivity contribution in [3.05, 3.63) is 34.6 Å². The molecular weight excluding hydrogens is 280 g/mol. The lowest BCUT2D eigenvalue weighted by Gasteiger charge is -2.22. The van der Waals surface area contributed by atoms with Crippen molar-refractivity contribution in [2.24, 2.45) is 0 Å². The molecule has 0 aliphatic carbocycles. The van der Waals surface area contributed by atoms with Crippen LogP contribution in [0.25, 0.3) is 0 Å². The molecule has 1 rings (SSSR count). The molecule has 0 bridgehead atoms. The Morgan fingerprint density at radius 2 is 2.22 bits per heavy atom. The molecule has 1 amide bonds. The highest BCUT2D eigenvalue weighted by Crippen LogP contribution is 2.20. The first kappa shape index (κ1) is 15.2. The van der Waals surface area contributed by atoms with E-state index in [1.54, 1.807) is 6.07 Å². The summed E-state index contributed by atoms with van der Waals surface area (Å²) in [7, 11) is 1.53. The van der Waals surface area contributed by atoms with Crippen molar-refractivity contribution in [3.8, 4) is 0 Å². The minimum absolute atomic E-state index is 0.0838. The Labute approximate surface area is 115 Å². The SMILES string of the molecule is COCCN(Cc1c(F)cccc1Cl)C(=O)CCl. The number of hydrogen-bond acceptors (Lipinski definition) is 2. The lowest BCUT2D eigenvalue weighted by molar-refractivity contribution is -0.129. The molecule has 100 valence electrons. The van der Waals surface area contributed by atoms with Crippen molar-refractivity contribution in [1.29, 1.82) is 0 Å². The number of alkyl halides is 1. The van der Waals surface area contributed by atoms with Gasteiger partial charge in [-0.2, -0.15) is 0 Å². The molecule has 0 fully saturated rings. The van der Waals surface area contributed by atoms with Crippen LogP contribution in [-0.2, 0) is 16.1 Å². The van der Waals surface area contributed by atoms with E-state index in [0.717, 1.165) is 0 Å². The zero-order valence-corrected chi connectivity index (χ0v) is 11.5. The van der Waals surface area contributed by atoms with Crippen LogP contribution in [0.5, 0.6) is 0 Å². The largest absolute Gasteiger partial charge is 0.383 e. The van der Waals surface area contributed by atoms with E-state index < -0.39 is 5.82 Å². The highest BCUT2D eigenvalue weighted by molar-refractivity contribution is 6.31. The molecule has 0 atom stereocenters. The predicted octanol–water partition coefficient (Wildman–Crippen LogP) is 2.69. The van der Waals surface area contributed by atoms with Crippen LogP contribution in [0.2, 0.25) is 5.02 Å². The van der Waals surface area contributed by atoms with E-state index in [-0.39, 0.29) is 23.9 Å². The molecular formula is C12H14Cl2FNO2. The standard InChI is InChI=1S/C12H14Cl2FNO2/c1-18-6-5-16(12(17)7-13)8-9-10(14)3-2-4-11(9)15/h2-4H,5-8H2,1H3. The van der Waals surface area contributed by atoms with Crippen molar-refractivity contribution in [2.45, 2.75) is 6.54 Å². The molecule has 0 saturated heterocycles. The maximum Gasteiger partial charge on any atom is 0.237 e. The molecule has 0 aliphatic heterocycles. The lowest BCUT2D eigenvalue weighted by Crippen LogP contribution is -2.34. The average molecular weight is 294 g/mol. The van der Waals surface area contributed by atoms with Crippen LogP contribution in [-0.4, -0.2) is 36.9 Å². The van der Waals surface area contributed by atoms with E-state index in [1.807, 2.05) is 0 Å². The second-order valence-electron chi connectivity index (χ2n) is 3.64. The normalized spacial score (nSPS) is 10.4. The highest BCUT2D eigenvalue weighted by Gasteiger charge is 2.16. The van der Waals surface area contributed by atoms with Gasteiger partial charge in [0.2, 0.25) is 5.91 Å². The Morgan fingerprint density at radius 1 is 1.50 bits per heavy atom. The molecule has 3 nitrogen and oxygen atoms in total. The highest BCUT2D eigenvalue weighted by atomic mass is 35.5. The molecule has 1 aromatic rings. The average Bonchev–Trinajstić information content (AvgIpc) is 2.36. The van der Waals surface area contributed by atoms with Gasteiger partial charge in [-0.1, -0.05) is 17.7 Å². The third-order valence-electron chi connectivity index (χ3n) is 2.44. The predicted molar refractivity (Wildman–Crippen MR) is 69.4 cm³/mol. The maximum atomic E-state index is 13.6. The van der Waals surface area contributed by atoms with E-state index in [0.29, 0.717) is 18.2 Å². The van der Waals surface area contributed by atoms with Crippen LogP contribution in [0.3, 0.4) is 0 Å². The summed E-state index contributed by atoms with van der Waals surface area (Å²) < 4.78 is 18.5. The Bertz CT molecular complexity index is 395. The number of ether oxygens (including phenoxy) is 1. The van der Waals surface area contributed by atoms with Gasteiger partial charge in [0.1, 0.15) is 11.7 Å². The van der Waals surface area contributed by atoms with E-state index in [9.17, 15) is 9.18 Å². The summed E-state index contributed by atoms with van der Waals surface area (Å²) in [6.07, 6.45) is 0. The van der Waals surface area contributed by atoms with Crippen molar-refractivity contribution in [1.82, 2.24) is 4.90 Å². The van der Waals surface area contributed by atoms with Crippen molar-refractivity contribution >= 4 is 29.1 Å². The van der Waals surface area contributed by atoms with Gasteiger partial charge in [0, 0.05) is 24.2 Å². The third-order valence-corrected chi connectivity index (χ3v) is 3.03. The first-order chi connectivity index (χ1) is 8.60. The van der Waals surface area contributed by atoms with Crippen LogP contribution in [0.15, 0.2) is 18.2 Å². The first-order valence-electron chi connectivity index (χ1n) is 5.35. The fourth-order valence-corrected chi connectivity index (χ4v) is 1.84. The molecule has 0 unspecified atom stereocenters. The summed E-state index contributed by atoms with van der Waals surface area (Å²) in [5.74, 6) is -0.879. The van der Waals surface area contributed by atoms with Gasteiger partial charge in [0.25, 0.3) is 0 Å². The number of methoxy groups -OCH3 is 1. The Balaban J connectivity index is 2.85. The Kier molecular flexibility index (Phi) is 6.39. The second kappa shape index (κ2) is 7.56. The van der Waals surface area contributed by atoms with Crippen LogP contribution in [0.4, 0.5) is 4.39 Å². The van der Waals surface area contributed by atoms with Gasteiger partial charge in [0.05, 0.1) is 13.2 Å². The number of amides is 1. The quantitative estimate of drug-likeness (QED) is 0.755. The molecule has 0 aromatic heterocycles. The van der Waals surface area contributed by atoms with Gasteiger partial charge in [-0.05, 0) is 12.1 Å². The Hall–Kier alpha value is -0.840. The number of rotatable bonds is 6. The minimum Gasteiger partial charge on any atom is -0.383 e. The molecule has 0 radical (unpaired) electrons. The van der Waals surface area contributed by atoms with E-state index >= 15 is 0 Å². The summed E-state index contributed by atoms with van der Waals surface area (Å²) in [5.41, 5.74) is 0.286. The molecule has 18 heavy (non-hydrogen) atoms. The molecule has 0 heterocycles. The number of carbonyl (C=O) groups is 1. The van der Waals surface area contributed by atoms with E-state index in [4.69, 9.17) is 27.9 Å². The smallest absolute Gasteiger partial charge is 0.237 e. The number of carbonyl (C=O) groups excluding carboxylic acids is 1. The number of nitrogens with zero attached hydrogens (tertiary/aromatic N) is 1. The van der Waals surface area contributed by atoms with Crippen LogP contribution in [0.1, 0.15) is 5.56 Å². The summed E-state index contributed by atoms with van der Waals surface area (Å²) in [6.45, 7) is 0.780. The van der Waals surface area contributed by atoms with E-state index in [2.05, 4.69) is 0 Å². The van der Waals surface area contributed by atoms with Crippen LogP contribution >= 0.6 is 23.2 Å².